The first kappa shape index (κ1) is 19.0. The fraction of sp³-hybridized carbons (Fsp3) is 0.438. The molecule has 0 bridgehead atoms. The Morgan fingerprint density at radius 1 is 1.48 bits per heavy atom. The van der Waals surface area contributed by atoms with E-state index in [4.69, 9.17) is 9.47 Å². The van der Waals surface area contributed by atoms with Gasteiger partial charge in [-0.2, -0.15) is 5.26 Å². The van der Waals surface area contributed by atoms with Crippen molar-refractivity contribution in [2.24, 2.45) is 5.92 Å². The van der Waals surface area contributed by atoms with Crippen LogP contribution in [-0.4, -0.2) is 31.4 Å². The summed E-state index contributed by atoms with van der Waals surface area (Å²) in [6, 6.07) is 5.16. The number of nitrogens with one attached hydrogen (secondary N) is 1. The van der Waals surface area contributed by atoms with Crippen LogP contribution in [0.15, 0.2) is 16.6 Å². The molecule has 1 aromatic carbocycles. The molecule has 0 saturated heterocycles. The minimum absolute atomic E-state index is 0.0552. The molecule has 0 heterocycles. The van der Waals surface area contributed by atoms with E-state index in [0.29, 0.717) is 22.1 Å². The lowest BCUT2D eigenvalue weighted by Gasteiger charge is -2.27. The van der Waals surface area contributed by atoms with Crippen molar-refractivity contribution < 1.29 is 19.1 Å². The average molecular weight is 383 g/mol. The maximum Gasteiger partial charge on any atom is 0.259 e. The highest BCUT2D eigenvalue weighted by Gasteiger charge is 2.30. The number of aldehydes is 1. The lowest BCUT2D eigenvalue weighted by molar-refractivity contribution is -0.124. The highest BCUT2D eigenvalue weighted by molar-refractivity contribution is 9.10. The van der Waals surface area contributed by atoms with E-state index in [1.807, 2.05) is 13.8 Å². The van der Waals surface area contributed by atoms with Gasteiger partial charge in [0.1, 0.15) is 5.54 Å². The minimum atomic E-state index is -0.974. The highest BCUT2D eigenvalue weighted by Crippen LogP contribution is 2.32. The van der Waals surface area contributed by atoms with Crippen molar-refractivity contribution in [2.75, 3.05) is 13.7 Å². The Kier molecular flexibility index (Phi) is 6.58. The number of nitrogens with zero attached hydrogens (tertiary/aromatic N) is 1. The molecule has 1 atom stereocenters. The maximum atomic E-state index is 12.0. The van der Waals surface area contributed by atoms with Crippen LogP contribution in [0.2, 0.25) is 0 Å². The van der Waals surface area contributed by atoms with Crippen LogP contribution in [0.5, 0.6) is 11.5 Å². The molecular weight excluding hydrogens is 364 g/mol. The molecule has 0 aromatic heterocycles. The molecule has 0 spiro atoms. The molecule has 0 unspecified atom stereocenters. The fourth-order valence-electron chi connectivity index (χ4n) is 1.68. The molecule has 0 aliphatic rings. The van der Waals surface area contributed by atoms with Gasteiger partial charge < -0.3 is 14.8 Å². The average Bonchev–Trinajstić information content (AvgIpc) is 2.52. The third-order valence-electron chi connectivity index (χ3n) is 3.55. The van der Waals surface area contributed by atoms with Crippen LogP contribution in [0.1, 0.15) is 31.1 Å². The van der Waals surface area contributed by atoms with Crippen molar-refractivity contribution >= 4 is 28.1 Å². The van der Waals surface area contributed by atoms with E-state index in [0.717, 1.165) is 0 Å². The van der Waals surface area contributed by atoms with Crippen molar-refractivity contribution in [3.8, 4) is 17.6 Å². The van der Waals surface area contributed by atoms with Gasteiger partial charge in [0.25, 0.3) is 5.91 Å². The van der Waals surface area contributed by atoms with E-state index in [1.54, 1.807) is 13.0 Å². The number of ether oxygens (including phenoxy) is 2. The van der Waals surface area contributed by atoms with E-state index in [-0.39, 0.29) is 18.3 Å². The summed E-state index contributed by atoms with van der Waals surface area (Å²) in [6.45, 7) is 5.05. The summed E-state index contributed by atoms with van der Waals surface area (Å²) in [4.78, 5) is 23.0. The van der Waals surface area contributed by atoms with Gasteiger partial charge in [-0.1, -0.05) is 13.8 Å². The van der Waals surface area contributed by atoms with Crippen molar-refractivity contribution in [3.05, 3.63) is 22.2 Å². The molecular formula is C16H19BrN2O4. The normalized spacial score (nSPS) is 12.9. The monoisotopic (exact) mass is 382 g/mol. The van der Waals surface area contributed by atoms with Crippen molar-refractivity contribution in [2.45, 2.75) is 26.3 Å². The van der Waals surface area contributed by atoms with Gasteiger partial charge in [-0.05, 0) is 40.9 Å². The predicted molar refractivity (Wildman–Crippen MR) is 88.6 cm³/mol. The zero-order valence-electron chi connectivity index (χ0n) is 13.5. The largest absolute Gasteiger partial charge is 0.493 e. The van der Waals surface area contributed by atoms with E-state index in [9.17, 15) is 14.9 Å². The zero-order valence-corrected chi connectivity index (χ0v) is 15.1. The van der Waals surface area contributed by atoms with Crippen LogP contribution in [0, 0.1) is 17.2 Å². The molecule has 7 heteroatoms. The second-order valence-electron chi connectivity index (χ2n) is 5.45. The smallest absolute Gasteiger partial charge is 0.259 e. The number of halogens is 1. The van der Waals surface area contributed by atoms with Crippen LogP contribution >= 0.6 is 15.9 Å². The van der Waals surface area contributed by atoms with Gasteiger partial charge in [-0.15, -0.1) is 0 Å². The number of carbonyl (C=O) groups is 2. The number of carbonyl (C=O) groups excluding carboxylic acids is 2. The molecule has 1 N–H and O–H groups in total. The van der Waals surface area contributed by atoms with Crippen LogP contribution in [-0.2, 0) is 4.79 Å². The van der Waals surface area contributed by atoms with E-state index in [1.165, 1.54) is 13.2 Å². The van der Waals surface area contributed by atoms with Gasteiger partial charge in [0.2, 0.25) is 0 Å². The second-order valence-corrected chi connectivity index (χ2v) is 6.30. The van der Waals surface area contributed by atoms with E-state index < -0.39 is 11.4 Å². The highest BCUT2D eigenvalue weighted by atomic mass is 79.9. The lowest BCUT2D eigenvalue weighted by atomic mass is 9.90. The standard InChI is InChI=1S/C16H19BrN2O4/c1-10(2)16(3,9-18)19-15(21)8-23-14-5-11(7-20)12(17)6-13(14)22-4/h5-7,10H,8H2,1-4H3,(H,19,21)/t16-/m1/s1. The Hall–Kier alpha value is -2.07. The van der Waals surface area contributed by atoms with Crippen molar-refractivity contribution in [1.82, 2.24) is 5.32 Å². The summed E-state index contributed by atoms with van der Waals surface area (Å²) in [5.74, 6) is 0.180. The first-order chi connectivity index (χ1) is 10.8. The minimum Gasteiger partial charge on any atom is -0.493 e. The van der Waals surface area contributed by atoms with Gasteiger partial charge in [0, 0.05) is 10.0 Å². The SMILES string of the molecule is COc1cc(Br)c(C=O)cc1OCC(=O)N[C@](C)(C#N)C(C)C. The number of benzene rings is 1. The van der Waals surface area contributed by atoms with Gasteiger partial charge >= 0.3 is 0 Å². The van der Waals surface area contributed by atoms with Gasteiger partial charge in [-0.25, -0.2) is 0 Å². The van der Waals surface area contributed by atoms with Gasteiger partial charge in [0.05, 0.1) is 13.2 Å². The Bertz CT molecular complexity index is 640. The van der Waals surface area contributed by atoms with Crippen LogP contribution in [0.25, 0.3) is 0 Å². The number of amides is 1. The fourth-order valence-corrected chi connectivity index (χ4v) is 2.10. The summed E-state index contributed by atoms with van der Waals surface area (Å²) < 4.78 is 11.2. The summed E-state index contributed by atoms with van der Waals surface area (Å²) in [7, 11) is 1.46. The first-order valence-corrected chi connectivity index (χ1v) is 7.74. The van der Waals surface area contributed by atoms with Crippen LogP contribution in [0.4, 0.5) is 0 Å². The third-order valence-corrected chi connectivity index (χ3v) is 4.24. The quantitative estimate of drug-likeness (QED) is 0.732. The number of hydrogen-bond donors (Lipinski definition) is 1. The molecule has 6 nitrogen and oxygen atoms in total. The molecule has 0 saturated carbocycles. The Morgan fingerprint density at radius 2 is 2.13 bits per heavy atom. The van der Waals surface area contributed by atoms with Gasteiger partial charge in [-0.3, -0.25) is 9.59 Å². The lowest BCUT2D eigenvalue weighted by Crippen LogP contribution is -2.50. The molecule has 1 amide bonds. The second kappa shape index (κ2) is 7.97. The predicted octanol–water partition coefficient (Wildman–Crippen LogP) is 2.70. The summed E-state index contributed by atoms with van der Waals surface area (Å²) in [5.41, 5.74) is -0.594. The molecule has 0 fully saturated rings. The Morgan fingerprint density at radius 3 is 2.61 bits per heavy atom. The molecule has 23 heavy (non-hydrogen) atoms. The number of rotatable bonds is 7. The molecule has 0 aliphatic heterocycles. The third kappa shape index (κ3) is 4.70. The van der Waals surface area contributed by atoms with Crippen LogP contribution in [0.3, 0.4) is 0 Å². The number of methoxy groups -OCH3 is 1. The molecule has 124 valence electrons. The van der Waals surface area contributed by atoms with Gasteiger partial charge in [0.15, 0.2) is 24.4 Å². The molecule has 1 aromatic rings. The van der Waals surface area contributed by atoms with Crippen molar-refractivity contribution in [1.29, 1.82) is 5.26 Å². The number of hydrogen-bond acceptors (Lipinski definition) is 5. The molecule has 1 rings (SSSR count). The number of nitriles is 1. The van der Waals surface area contributed by atoms with E-state index >= 15 is 0 Å². The molecule has 0 radical (unpaired) electrons. The van der Waals surface area contributed by atoms with Crippen molar-refractivity contribution in [3.63, 3.8) is 0 Å². The Labute approximate surface area is 143 Å². The Balaban J connectivity index is 2.84. The zero-order chi connectivity index (χ0) is 17.6. The maximum absolute atomic E-state index is 12.0. The molecule has 0 aliphatic carbocycles. The van der Waals surface area contributed by atoms with Crippen LogP contribution < -0.4 is 14.8 Å². The topological polar surface area (TPSA) is 88.4 Å². The summed E-state index contributed by atoms with van der Waals surface area (Å²) in [6.07, 6.45) is 0.669. The summed E-state index contributed by atoms with van der Waals surface area (Å²) >= 11 is 3.25. The first-order valence-electron chi connectivity index (χ1n) is 6.95. The van der Waals surface area contributed by atoms with E-state index in [2.05, 4.69) is 27.3 Å². The summed E-state index contributed by atoms with van der Waals surface area (Å²) in [5, 5.41) is 11.8.